The van der Waals surface area contributed by atoms with E-state index in [2.05, 4.69) is 0 Å². The topological polar surface area (TPSA) is 78.7 Å². The van der Waals surface area contributed by atoms with Crippen molar-refractivity contribution in [1.29, 1.82) is 0 Å². The van der Waals surface area contributed by atoms with E-state index in [1.165, 1.54) is 12.1 Å². The minimum atomic E-state index is -3.59. The molecule has 0 saturated carbocycles. The molecule has 0 aliphatic rings. The van der Waals surface area contributed by atoms with Gasteiger partial charge in [-0.3, -0.25) is 10.1 Å². The summed E-state index contributed by atoms with van der Waals surface area (Å²) < 4.78 is 24.7. The van der Waals surface area contributed by atoms with Gasteiger partial charge in [0, 0.05) is 12.1 Å². The summed E-state index contributed by atoms with van der Waals surface area (Å²) in [4.78, 5) is 10.3. The number of nitrogens with zero attached hydrogens (tertiary/aromatic N) is 1. The van der Waals surface area contributed by atoms with Gasteiger partial charge in [-0.05, 0) is 29.8 Å². The minimum absolute atomic E-state index is 0.0191. The fraction of sp³-hybridized carbons (Fsp3) is 0.0526. The summed E-state index contributed by atoms with van der Waals surface area (Å²) >= 11 is 0. The normalized spacial score (nSPS) is 10.9. The second-order valence-electron chi connectivity index (χ2n) is 5.50. The Morgan fingerprint density at radius 2 is 1.23 bits per heavy atom. The number of nitro groups is 1. The maximum absolute atomic E-state index is 13.4. The zero-order chi connectivity index (χ0) is 18.4. The maximum atomic E-state index is 13.4. The SMILES string of the molecule is O=[N+]([O-])c1ccc(CP(=O)(Oc2ccccc2)Oc2ccccc2)cc1. The third kappa shape index (κ3) is 4.71. The quantitative estimate of drug-likeness (QED) is 0.314. The number of non-ortho nitro benzene ring substituents is 1. The van der Waals surface area contributed by atoms with Crippen LogP contribution in [0.15, 0.2) is 84.9 Å². The van der Waals surface area contributed by atoms with Crippen LogP contribution in [0, 0.1) is 10.1 Å². The van der Waals surface area contributed by atoms with E-state index in [9.17, 15) is 14.7 Å². The number of hydrogen-bond acceptors (Lipinski definition) is 5. The highest BCUT2D eigenvalue weighted by molar-refractivity contribution is 7.53. The molecule has 0 unspecified atom stereocenters. The molecule has 0 fully saturated rings. The van der Waals surface area contributed by atoms with E-state index in [1.54, 1.807) is 60.7 Å². The van der Waals surface area contributed by atoms with Crippen LogP contribution in [-0.4, -0.2) is 4.92 Å². The van der Waals surface area contributed by atoms with Crippen LogP contribution < -0.4 is 9.05 Å². The number of rotatable bonds is 7. The van der Waals surface area contributed by atoms with Crippen LogP contribution in [0.3, 0.4) is 0 Å². The van der Waals surface area contributed by atoms with Gasteiger partial charge < -0.3 is 9.05 Å². The Hall–Kier alpha value is -3.11. The van der Waals surface area contributed by atoms with Gasteiger partial charge in [0.25, 0.3) is 5.69 Å². The van der Waals surface area contributed by atoms with Gasteiger partial charge in [0.1, 0.15) is 11.5 Å². The van der Waals surface area contributed by atoms with Crippen molar-refractivity contribution < 1.29 is 18.5 Å². The Morgan fingerprint density at radius 3 is 1.65 bits per heavy atom. The lowest BCUT2D eigenvalue weighted by molar-refractivity contribution is -0.384. The average Bonchev–Trinajstić information content (AvgIpc) is 2.63. The van der Waals surface area contributed by atoms with Gasteiger partial charge in [0.15, 0.2) is 0 Å². The zero-order valence-corrected chi connectivity index (χ0v) is 14.6. The fourth-order valence-corrected chi connectivity index (χ4v) is 4.02. The molecule has 0 heterocycles. The molecule has 3 aromatic rings. The molecule has 0 aliphatic heterocycles. The van der Waals surface area contributed by atoms with Gasteiger partial charge in [-0.15, -0.1) is 0 Å². The zero-order valence-electron chi connectivity index (χ0n) is 13.7. The van der Waals surface area contributed by atoms with Crippen molar-refractivity contribution >= 4 is 13.3 Å². The van der Waals surface area contributed by atoms with Gasteiger partial charge in [0.2, 0.25) is 0 Å². The Morgan fingerprint density at radius 1 is 0.769 bits per heavy atom. The van der Waals surface area contributed by atoms with E-state index in [-0.39, 0.29) is 11.8 Å². The van der Waals surface area contributed by atoms with Gasteiger partial charge in [-0.25, -0.2) is 4.57 Å². The number of benzene rings is 3. The van der Waals surface area contributed by atoms with E-state index in [0.717, 1.165) is 0 Å². The highest BCUT2D eigenvalue weighted by atomic mass is 31.2. The third-order valence-corrected chi connectivity index (χ3v) is 5.23. The van der Waals surface area contributed by atoms with E-state index < -0.39 is 12.5 Å². The van der Waals surface area contributed by atoms with Gasteiger partial charge in [0.05, 0.1) is 11.1 Å². The van der Waals surface area contributed by atoms with Crippen molar-refractivity contribution in [2.24, 2.45) is 0 Å². The number of nitro benzene ring substituents is 1. The van der Waals surface area contributed by atoms with E-state index >= 15 is 0 Å². The molecular formula is C19H16NO5P. The lowest BCUT2D eigenvalue weighted by Gasteiger charge is -2.20. The lowest BCUT2D eigenvalue weighted by Crippen LogP contribution is -2.04. The Kier molecular flexibility index (Phi) is 5.34. The molecule has 3 rings (SSSR count). The van der Waals surface area contributed by atoms with Crippen LogP contribution in [0.25, 0.3) is 0 Å². The molecular weight excluding hydrogens is 353 g/mol. The second-order valence-corrected chi connectivity index (χ2v) is 7.40. The van der Waals surface area contributed by atoms with Crippen molar-refractivity contribution in [2.75, 3.05) is 0 Å². The largest absolute Gasteiger partial charge is 0.435 e. The molecule has 3 aromatic carbocycles. The molecule has 0 saturated heterocycles. The molecule has 0 aliphatic carbocycles. The highest BCUT2D eigenvalue weighted by Crippen LogP contribution is 2.51. The fourth-order valence-electron chi connectivity index (χ4n) is 2.31. The summed E-state index contributed by atoms with van der Waals surface area (Å²) in [5, 5.41) is 10.8. The van der Waals surface area contributed by atoms with Gasteiger partial charge in [-0.1, -0.05) is 48.5 Å². The lowest BCUT2D eigenvalue weighted by atomic mass is 10.2. The number of hydrogen-bond donors (Lipinski definition) is 0. The molecule has 0 amide bonds. The average molecular weight is 369 g/mol. The van der Waals surface area contributed by atoms with Crippen LogP contribution in [0.5, 0.6) is 11.5 Å². The summed E-state index contributed by atoms with van der Waals surface area (Å²) in [7, 11) is -3.59. The Labute approximate surface area is 150 Å². The molecule has 0 aromatic heterocycles. The van der Waals surface area contributed by atoms with E-state index in [4.69, 9.17) is 9.05 Å². The smallest absolute Gasteiger partial charge is 0.416 e. The summed E-state index contributed by atoms with van der Waals surface area (Å²) in [6, 6.07) is 23.3. The van der Waals surface area contributed by atoms with Crippen LogP contribution in [0.1, 0.15) is 5.56 Å². The molecule has 0 spiro atoms. The van der Waals surface area contributed by atoms with Crippen molar-refractivity contribution in [3.63, 3.8) is 0 Å². The molecule has 0 N–H and O–H groups in total. The van der Waals surface area contributed by atoms with E-state index in [0.29, 0.717) is 17.1 Å². The summed E-state index contributed by atoms with van der Waals surface area (Å²) in [5.41, 5.74) is 0.585. The first kappa shape index (κ1) is 17.7. The molecule has 26 heavy (non-hydrogen) atoms. The summed E-state index contributed by atoms with van der Waals surface area (Å²) in [5.74, 6) is 0.849. The Bertz CT molecular complexity index is 868. The maximum Gasteiger partial charge on any atom is 0.435 e. The third-order valence-electron chi connectivity index (χ3n) is 3.50. The predicted octanol–water partition coefficient (Wildman–Crippen LogP) is 5.45. The Balaban J connectivity index is 1.86. The summed E-state index contributed by atoms with van der Waals surface area (Å²) in [6.45, 7) is 0. The highest BCUT2D eigenvalue weighted by Gasteiger charge is 2.29. The van der Waals surface area contributed by atoms with Gasteiger partial charge in [-0.2, -0.15) is 0 Å². The molecule has 7 heteroatoms. The molecule has 6 nitrogen and oxygen atoms in total. The number of para-hydroxylation sites is 2. The monoisotopic (exact) mass is 369 g/mol. The molecule has 0 radical (unpaired) electrons. The van der Waals surface area contributed by atoms with Crippen LogP contribution in [0.4, 0.5) is 5.69 Å². The van der Waals surface area contributed by atoms with Crippen LogP contribution in [0.2, 0.25) is 0 Å². The standard InChI is InChI=1S/C19H16NO5P/c21-20(22)17-13-11-16(12-14-17)15-26(23,24-18-7-3-1-4-8-18)25-19-9-5-2-6-10-19/h1-14H,15H2. The first-order valence-corrected chi connectivity index (χ1v) is 9.59. The molecule has 0 bridgehead atoms. The predicted molar refractivity (Wildman–Crippen MR) is 98.5 cm³/mol. The van der Waals surface area contributed by atoms with Gasteiger partial charge >= 0.3 is 7.60 Å². The van der Waals surface area contributed by atoms with Crippen LogP contribution >= 0.6 is 7.60 Å². The molecule has 132 valence electrons. The van der Waals surface area contributed by atoms with Crippen molar-refractivity contribution in [1.82, 2.24) is 0 Å². The van der Waals surface area contributed by atoms with Crippen molar-refractivity contribution in [2.45, 2.75) is 6.16 Å². The summed E-state index contributed by atoms with van der Waals surface area (Å²) in [6.07, 6.45) is -0.0191. The first-order chi connectivity index (χ1) is 12.5. The van der Waals surface area contributed by atoms with Crippen molar-refractivity contribution in [3.05, 3.63) is 101 Å². The molecule has 0 atom stereocenters. The van der Waals surface area contributed by atoms with Crippen LogP contribution in [-0.2, 0) is 10.7 Å². The van der Waals surface area contributed by atoms with Crippen molar-refractivity contribution in [3.8, 4) is 11.5 Å². The first-order valence-electron chi connectivity index (χ1n) is 7.86. The minimum Gasteiger partial charge on any atom is -0.416 e. The second kappa shape index (κ2) is 7.85. The van der Waals surface area contributed by atoms with E-state index in [1.807, 2.05) is 12.1 Å².